The molecule has 0 saturated carbocycles. The first kappa shape index (κ1) is 22.7. The maximum Gasteiger partial charge on any atom is 0.265 e. The Kier molecular flexibility index (Phi) is 7.93. The molecule has 0 spiro atoms. The average Bonchev–Trinajstić information content (AvgIpc) is 2.76. The fraction of sp³-hybridized carbons (Fsp3) is 0.167. The van der Waals surface area contributed by atoms with Crippen molar-refractivity contribution < 1.29 is 14.3 Å². The van der Waals surface area contributed by atoms with Gasteiger partial charge in [-0.25, -0.2) is 0 Å². The summed E-state index contributed by atoms with van der Waals surface area (Å²) in [5.41, 5.74) is 2.37. The Bertz CT molecular complexity index is 1040. The van der Waals surface area contributed by atoms with Crippen LogP contribution in [-0.2, 0) is 16.0 Å². The lowest BCUT2D eigenvalue weighted by Gasteiger charge is -2.16. The zero-order chi connectivity index (χ0) is 22.2. The van der Waals surface area contributed by atoms with Gasteiger partial charge in [0.15, 0.2) is 6.10 Å². The lowest BCUT2D eigenvalue weighted by molar-refractivity contribution is -0.122. The molecule has 7 heteroatoms. The Morgan fingerprint density at radius 3 is 2.19 bits per heavy atom. The second-order valence-electron chi connectivity index (χ2n) is 6.94. The first-order valence-electron chi connectivity index (χ1n) is 9.77. The quantitative estimate of drug-likeness (QED) is 0.438. The van der Waals surface area contributed by atoms with Crippen LogP contribution in [0.2, 0.25) is 10.0 Å². The fourth-order valence-electron chi connectivity index (χ4n) is 2.82. The number of ether oxygens (including phenoxy) is 1. The molecule has 0 heterocycles. The van der Waals surface area contributed by atoms with Gasteiger partial charge in [-0.3, -0.25) is 9.59 Å². The monoisotopic (exact) mass is 456 g/mol. The van der Waals surface area contributed by atoms with Crippen molar-refractivity contribution in [3.8, 4) is 5.75 Å². The van der Waals surface area contributed by atoms with E-state index >= 15 is 0 Å². The van der Waals surface area contributed by atoms with E-state index in [-0.39, 0.29) is 11.8 Å². The van der Waals surface area contributed by atoms with Crippen LogP contribution in [0.15, 0.2) is 72.8 Å². The van der Waals surface area contributed by atoms with Crippen LogP contribution in [0.4, 0.5) is 11.4 Å². The van der Waals surface area contributed by atoms with Gasteiger partial charge in [0.1, 0.15) is 5.75 Å². The molecule has 31 heavy (non-hydrogen) atoms. The highest BCUT2D eigenvalue weighted by molar-refractivity contribution is 6.35. The average molecular weight is 457 g/mol. The third-order valence-corrected chi connectivity index (χ3v) is 5.02. The highest BCUT2D eigenvalue weighted by Crippen LogP contribution is 2.28. The van der Waals surface area contributed by atoms with Gasteiger partial charge in [-0.05, 0) is 61.4 Å². The molecule has 5 nitrogen and oxygen atoms in total. The summed E-state index contributed by atoms with van der Waals surface area (Å²) in [6.07, 6.45) is 0.303. The Morgan fingerprint density at radius 1 is 0.903 bits per heavy atom. The topological polar surface area (TPSA) is 67.4 Å². The summed E-state index contributed by atoms with van der Waals surface area (Å²) >= 11 is 11.9. The maximum absolute atomic E-state index is 12.4. The van der Waals surface area contributed by atoms with Crippen molar-refractivity contribution >= 4 is 46.4 Å². The Labute approximate surface area is 191 Å². The molecule has 3 rings (SSSR count). The van der Waals surface area contributed by atoms with E-state index in [0.29, 0.717) is 40.0 Å². The molecule has 0 aliphatic rings. The Morgan fingerprint density at radius 2 is 1.55 bits per heavy atom. The highest BCUT2D eigenvalue weighted by Gasteiger charge is 2.16. The van der Waals surface area contributed by atoms with Crippen molar-refractivity contribution in [2.75, 3.05) is 10.6 Å². The van der Waals surface area contributed by atoms with Crippen molar-refractivity contribution in [3.63, 3.8) is 0 Å². The number of aryl methyl sites for hydroxylation is 1. The van der Waals surface area contributed by atoms with Gasteiger partial charge in [-0.1, -0.05) is 53.5 Å². The summed E-state index contributed by atoms with van der Waals surface area (Å²) < 4.78 is 5.61. The van der Waals surface area contributed by atoms with Gasteiger partial charge in [-0.2, -0.15) is 0 Å². The van der Waals surface area contributed by atoms with Crippen molar-refractivity contribution in [1.29, 1.82) is 0 Å². The minimum atomic E-state index is -0.768. The van der Waals surface area contributed by atoms with Gasteiger partial charge in [0.05, 0.1) is 5.02 Å². The third kappa shape index (κ3) is 7.02. The number of carbonyl (C=O) groups excluding carboxylic acids is 2. The standard InChI is InChI=1S/C24H22Cl2N2O3/c1-16(31-22-13-8-18(25)15-21(22)26)24(30)28-20-11-9-19(10-12-20)27-23(29)14-7-17-5-3-2-4-6-17/h2-6,8-13,15-16H,7,14H2,1H3,(H,27,29)(H,28,30). The minimum absolute atomic E-state index is 0.0671. The molecule has 1 unspecified atom stereocenters. The molecule has 160 valence electrons. The van der Waals surface area contributed by atoms with Gasteiger partial charge >= 0.3 is 0 Å². The summed E-state index contributed by atoms with van der Waals surface area (Å²) in [6.45, 7) is 1.63. The van der Waals surface area contributed by atoms with Crippen LogP contribution in [0.1, 0.15) is 18.9 Å². The normalized spacial score (nSPS) is 11.5. The zero-order valence-corrected chi connectivity index (χ0v) is 18.4. The second-order valence-corrected chi connectivity index (χ2v) is 7.78. The van der Waals surface area contributed by atoms with Crippen molar-refractivity contribution in [2.24, 2.45) is 0 Å². The van der Waals surface area contributed by atoms with Crippen LogP contribution in [0.3, 0.4) is 0 Å². The first-order valence-corrected chi connectivity index (χ1v) is 10.5. The molecule has 0 bridgehead atoms. The minimum Gasteiger partial charge on any atom is -0.479 e. The molecule has 0 aliphatic carbocycles. The largest absolute Gasteiger partial charge is 0.479 e. The SMILES string of the molecule is CC(Oc1ccc(Cl)cc1Cl)C(=O)Nc1ccc(NC(=O)CCc2ccccc2)cc1. The number of nitrogens with one attached hydrogen (secondary N) is 2. The number of amides is 2. The molecule has 0 radical (unpaired) electrons. The highest BCUT2D eigenvalue weighted by atomic mass is 35.5. The van der Waals surface area contributed by atoms with E-state index in [2.05, 4.69) is 10.6 Å². The van der Waals surface area contributed by atoms with Gasteiger partial charge in [0, 0.05) is 22.8 Å². The van der Waals surface area contributed by atoms with Gasteiger partial charge in [-0.15, -0.1) is 0 Å². The van der Waals surface area contributed by atoms with Crippen LogP contribution in [0.5, 0.6) is 5.75 Å². The molecule has 3 aromatic rings. The number of anilines is 2. The smallest absolute Gasteiger partial charge is 0.265 e. The van der Waals surface area contributed by atoms with Crippen LogP contribution >= 0.6 is 23.2 Å². The van der Waals surface area contributed by atoms with Crippen LogP contribution in [-0.4, -0.2) is 17.9 Å². The number of hydrogen-bond acceptors (Lipinski definition) is 3. The second kappa shape index (κ2) is 10.8. The number of carbonyl (C=O) groups is 2. The summed E-state index contributed by atoms with van der Waals surface area (Å²) in [5.74, 6) is -0.0181. The summed E-state index contributed by atoms with van der Waals surface area (Å²) in [6, 6.07) is 21.6. The molecular formula is C24H22Cl2N2O3. The van der Waals surface area contributed by atoms with Crippen LogP contribution in [0, 0.1) is 0 Å². The van der Waals surface area contributed by atoms with E-state index in [1.807, 2.05) is 30.3 Å². The number of rotatable bonds is 8. The number of benzene rings is 3. The van der Waals surface area contributed by atoms with E-state index in [0.717, 1.165) is 5.56 Å². The Hall–Kier alpha value is -3.02. The van der Waals surface area contributed by atoms with E-state index < -0.39 is 6.10 Å². The summed E-state index contributed by atoms with van der Waals surface area (Å²) in [4.78, 5) is 24.5. The van der Waals surface area contributed by atoms with Gasteiger partial charge < -0.3 is 15.4 Å². The van der Waals surface area contributed by atoms with Gasteiger partial charge in [0.25, 0.3) is 5.91 Å². The van der Waals surface area contributed by atoms with E-state index in [1.165, 1.54) is 0 Å². The molecular weight excluding hydrogens is 435 g/mol. The molecule has 0 fully saturated rings. The lowest BCUT2D eigenvalue weighted by Crippen LogP contribution is -2.30. The maximum atomic E-state index is 12.4. The Balaban J connectivity index is 1.48. The van der Waals surface area contributed by atoms with E-state index in [1.54, 1.807) is 49.4 Å². The lowest BCUT2D eigenvalue weighted by atomic mass is 10.1. The number of hydrogen-bond donors (Lipinski definition) is 2. The molecule has 0 saturated heterocycles. The molecule has 0 aromatic heterocycles. The van der Waals surface area contributed by atoms with Gasteiger partial charge in [0.2, 0.25) is 5.91 Å². The molecule has 2 N–H and O–H groups in total. The van der Waals surface area contributed by atoms with Crippen molar-refractivity contribution in [2.45, 2.75) is 25.9 Å². The number of halogens is 2. The third-order valence-electron chi connectivity index (χ3n) is 4.49. The predicted molar refractivity (Wildman–Crippen MR) is 125 cm³/mol. The molecule has 2 amide bonds. The first-order chi connectivity index (χ1) is 14.9. The van der Waals surface area contributed by atoms with Crippen molar-refractivity contribution in [3.05, 3.63) is 88.4 Å². The molecule has 1 atom stereocenters. The predicted octanol–water partition coefficient (Wildman–Crippen LogP) is 5.97. The summed E-state index contributed by atoms with van der Waals surface area (Å²) in [7, 11) is 0. The van der Waals surface area contributed by atoms with E-state index in [9.17, 15) is 9.59 Å². The van der Waals surface area contributed by atoms with Crippen molar-refractivity contribution in [1.82, 2.24) is 0 Å². The summed E-state index contributed by atoms with van der Waals surface area (Å²) in [5, 5.41) is 6.45. The van der Waals surface area contributed by atoms with Crippen LogP contribution < -0.4 is 15.4 Å². The van der Waals surface area contributed by atoms with E-state index in [4.69, 9.17) is 27.9 Å². The van der Waals surface area contributed by atoms with Crippen LogP contribution in [0.25, 0.3) is 0 Å². The molecule has 0 aliphatic heterocycles. The zero-order valence-electron chi connectivity index (χ0n) is 16.9. The fourth-order valence-corrected chi connectivity index (χ4v) is 3.27. The molecule has 3 aromatic carbocycles.